The number of carboxylic acid groups (broad SMARTS) is 1. The monoisotopic (exact) mass is 259 g/mol. The molecule has 0 saturated heterocycles. The smallest absolute Gasteiger partial charge is 0.328 e. The molecule has 1 rings (SSSR count). The van der Waals surface area contributed by atoms with Crippen molar-refractivity contribution in [3.63, 3.8) is 0 Å². The van der Waals surface area contributed by atoms with Crippen LogP contribution in [0.25, 0.3) is 0 Å². The van der Waals surface area contributed by atoms with Gasteiger partial charge >= 0.3 is 5.97 Å². The maximum absolute atomic E-state index is 11.6. The number of hydrogen-bond acceptors (Lipinski definition) is 4. The van der Waals surface area contributed by atoms with Gasteiger partial charge in [-0.25, -0.2) is 4.79 Å². The molecule has 0 radical (unpaired) electrons. The quantitative estimate of drug-likeness (QED) is 0.619. The molecule has 1 atom stereocenters. The van der Waals surface area contributed by atoms with E-state index in [1.165, 1.54) is 18.2 Å². The fourth-order valence-corrected chi connectivity index (χ4v) is 1.26. The summed E-state index contributed by atoms with van der Waals surface area (Å²) < 4.78 is 0. The second-order valence-corrected chi connectivity index (χ2v) is 3.62. The topological polar surface area (TPSA) is 107 Å². The maximum Gasteiger partial charge on any atom is 0.328 e. The number of amides is 1. The van der Waals surface area contributed by atoms with E-state index in [-0.39, 0.29) is 16.3 Å². The summed E-state index contributed by atoms with van der Waals surface area (Å²) >= 11 is 5.60. The predicted molar refractivity (Wildman–Crippen MR) is 59.1 cm³/mol. The fourth-order valence-electron chi connectivity index (χ4n) is 1.08. The van der Waals surface area contributed by atoms with Crippen molar-refractivity contribution < 1.29 is 24.9 Å². The first-order chi connectivity index (χ1) is 7.95. The van der Waals surface area contributed by atoms with E-state index >= 15 is 0 Å². The summed E-state index contributed by atoms with van der Waals surface area (Å²) in [5, 5.41) is 28.6. The zero-order chi connectivity index (χ0) is 13.0. The van der Waals surface area contributed by atoms with Gasteiger partial charge in [-0.1, -0.05) is 11.6 Å². The van der Waals surface area contributed by atoms with E-state index in [0.29, 0.717) is 0 Å². The SMILES string of the molecule is O=C(NC(CO)C(=O)O)c1ccc(O)c(Cl)c1. The Morgan fingerprint density at radius 2 is 2.06 bits per heavy atom. The largest absolute Gasteiger partial charge is 0.506 e. The molecule has 92 valence electrons. The third kappa shape index (κ3) is 3.33. The van der Waals surface area contributed by atoms with Crippen LogP contribution in [0, 0.1) is 0 Å². The highest BCUT2D eigenvalue weighted by Crippen LogP contribution is 2.23. The Hall–Kier alpha value is -1.79. The van der Waals surface area contributed by atoms with E-state index in [1.54, 1.807) is 0 Å². The first kappa shape index (κ1) is 13.3. The molecule has 0 aliphatic carbocycles. The Balaban J connectivity index is 2.82. The van der Waals surface area contributed by atoms with E-state index in [2.05, 4.69) is 5.32 Å². The second kappa shape index (κ2) is 5.51. The van der Waals surface area contributed by atoms with Crippen molar-refractivity contribution in [2.24, 2.45) is 0 Å². The first-order valence-electron chi connectivity index (χ1n) is 4.58. The Labute approximate surface area is 101 Å². The van der Waals surface area contributed by atoms with Crippen LogP contribution in [-0.2, 0) is 4.79 Å². The minimum absolute atomic E-state index is 0.0199. The zero-order valence-corrected chi connectivity index (χ0v) is 9.31. The minimum Gasteiger partial charge on any atom is -0.506 e. The van der Waals surface area contributed by atoms with Gasteiger partial charge in [0.2, 0.25) is 0 Å². The van der Waals surface area contributed by atoms with Gasteiger partial charge in [-0.05, 0) is 18.2 Å². The van der Waals surface area contributed by atoms with E-state index in [4.69, 9.17) is 26.9 Å². The molecule has 0 heterocycles. The molecule has 0 aromatic heterocycles. The van der Waals surface area contributed by atoms with Gasteiger partial charge in [-0.3, -0.25) is 4.79 Å². The van der Waals surface area contributed by atoms with Gasteiger partial charge in [0.25, 0.3) is 5.91 Å². The van der Waals surface area contributed by atoms with Gasteiger partial charge in [0, 0.05) is 5.56 Å². The molecule has 0 fully saturated rings. The molecule has 1 amide bonds. The van der Waals surface area contributed by atoms with Crippen LogP contribution < -0.4 is 5.32 Å². The van der Waals surface area contributed by atoms with Gasteiger partial charge in [0.15, 0.2) is 6.04 Å². The summed E-state index contributed by atoms with van der Waals surface area (Å²) in [7, 11) is 0. The number of aromatic hydroxyl groups is 1. The van der Waals surface area contributed by atoms with Gasteiger partial charge in [0.1, 0.15) is 5.75 Å². The first-order valence-corrected chi connectivity index (χ1v) is 4.96. The summed E-state index contributed by atoms with van der Waals surface area (Å²) in [5.74, 6) is -2.22. The molecule has 1 unspecified atom stereocenters. The van der Waals surface area contributed by atoms with Crippen molar-refractivity contribution in [2.45, 2.75) is 6.04 Å². The highest BCUT2D eigenvalue weighted by atomic mass is 35.5. The van der Waals surface area contributed by atoms with Gasteiger partial charge in [-0.15, -0.1) is 0 Å². The highest BCUT2D eigenvalue weighted by Gasteiger charge is 2.19. The number of rotatable bonds is 4. The number of carbonyl (C=O) groups excluding carboxylic acids is 1. The number of aliphatic hydroxyl groups is 1. The number of halogens is 1. The lowest BCUT2D eigenvalue weighted by Gasteiger charge is -2.11. The van der Waals surface area contributed by atoms with Crippen LogP contribution in [0.15, 0.2) is 18.2 Å². The zero-order valence-electron chi connectivity index (χ0n) is 8.55. The van der Waals surface area contributed by atoms with Crippen LogP contribution in [0.2, 0.25) is 5.02 Å². The van der Waals surface area contributed by atoms with Gasteiger partial charge in [0.05, 0.1) is 11.6 Å². The standard InChI is InChI=1S/C10H10ClNO5/c11-6-3-5(1-2-8(6)14)9(15)12-7(4-13)10(16)17/h1-3,7,13-14H,4H2,(H,12,15)(H,16,17). The molecule has 1 aromatic carbocycles. The van der Waals surface area contributed by atoms with E-state index in [0.717, 1.165) is 0 Å². The number of aliphatic carboxylic acids is 1. The van der Waals surface area contributed by atoms with Crippen molar-refractivity contribution in [3.05, 3.63) is 28.8 Å². The van der Waals surface area contributed by atoms with Crippen LogP contribution in [-0.4, -0.2) is 39.8 Å². The summed E-state index contributed by atoms with van der Waals surface area (Å²) in [6.07, 6.45) is 0. The van der Waals surface area contributed by atoms with Crippen molar-refractivity contribution in [1.82, 2.24) is 5.32 Å². The van der Waals surface area contributed by atoms with Gasteiger partial charge in [-0.2, -0.15) is 0 Å². The number of carboxylic acids is 1. The molecule has 17 heavy (non-hydrogen) atoms. The number of benzene rings is 1. The number of phenolic OH excluding ortho intramolecular Hbond substituents is 1. The van der Waals surface area contributed by atoms with Crippen LogP contribution in [0.1, 0.15) is 10.4 Å². The summed E-state index contributed by atoms with van der Waals surface area (Å²) in [6, 6.07) is 2.32. The Bertz CT molecular complexity index is 448. The molecule has 4 N–H and O–H groups in total. The average molecular weight is 260 g/mol. The number of carbonyl (C=O) groups is 2. The fraction of sp³-hybridized carbons (Fsp3) is 0.200. The number of nitrogens with one attached hydrogen (secondary N) is 1. The van der Waals surface area contributed by atoms with Crippen LogP contribution in [0.3, 0.4) is 0 Å². The van der Waals surface area contributed by atoms with Gasteiger partial charge < -0.3 is 20.6 Å². The molecule has 0 aliphatic heterocycles. The average Bonchev–Trinajstić information content (AvgIpc) is 2.28. The minimum atomic E-state index is -1.38. The Morgan fingerprint density at radius 1 is 1.41 bits per heavy atom. The van der Waals surface area contributed by atoms with E-state index in [1.807, 2.05) is 0 Å². The molecular weight excluding hydrogens is 250 g/mol. The summed E-state index contributed by atoms with van der Waals surface area (Å²) in [6.45, 7) is -0.715. The normalized spacial score (nSPS) is 11.9. The molecular formula is C10H10ClNO5. The van der Waals surface area contributed by atoms with Crippen LogP contribution in [0.5, 0.6) is 5.75 Å². The number of hydrogen-bond donors (Lipinski definition) is 4. The third-order valence-electron chi connectivity index (χ3n) is 2.00. The lowest BCUT2D eigenvalue weighted by Crippen LogP contribution is -2.43. The number of aliphatic hydroxyl groups excluding tert-OH is 1. The van der Waals surface area contributed by atoms with E-state index in [9.17, 15) is 9.59 Å². The second-order valence-electron chi connectivity index (χ2n) is 3.21. The molecule has 0 bridgehead atoms. The maximum atomic E-state index is 11.6. The molecule has 7 heteroatoms. The van der Waals surface area contributed by atoms with Crippen molar-refractivity contribution >= 4 is 23.5 Å². The van der Waals surface area contributed by atoms with Crippen molar-refractivity contribution in [3.8, 4) is 5.75 Å². The van der Waals surface area contributed by atoms with E-state index < -0.39 is 24.5 Å². The summed E-state index contributed by atoms with van der Waals surface area (Å²) in [5.41, 5.74) is 0.0903. The predicted octanol–water partition coefficient (Wildman–Crippen LogP) is 0.221. The lowest BCUT2D eigenvalue weighted by atomic mass is 10.2. The highest BCUT2D eigenvalue weighted by molar-refractivity contribution is 6.32. The Kier molecular flexibility index (Phi) is 4.30. The molecule has 0 saturated carbocycles. The van der Waals surface area contributed by atoms with Crippen LogP contribution in [0.4, 0.5) is 0 Å². The third-order valence-corrected chi connectivity index (χ3v) is 2.30. The molecule has 0 aliphatic rings. The Morgan fingerprint density at radius 3 is 2.53 bits per heavy atom. The summed E-state index contributed by atoms with van der Waals surface area (Å²) in [4.78, 5) is 22.1. The van der Waals surface area contributed by atoms with Crippen molar-refractivity contribution in [1.29, 1.82) is 0 Å². The molecule has 1 aromatic rings. The van der Waals surface area contributed by atoms with Crippen LogP contribution >= 0.6 is 11.6 Å². The van der Waals surface area contributed by atoms with Crippen molar-refractivity contribution in [2.75, 3.05) is 6.61 Å². The number of phenols is 1. The molecule has 6 nitrogen and oxygen atoms in total. The molecule has 0 spiro atoms. The lowest BCUT2D eigenvalue weighted by molar-refractivity contribution is -0.140.